The number of hydrogen-bond donors (Lipinski definition) is 2. The van der Waals surface area contributed by atoms with Crippen molar-refractivity contribution in [3.05, 3.63) is 36.0 Å². The van der Waals surface area contributed by atoms with Crippen molar-refractivity contribution in [2.45, 2.75) is 6.10 Å². The molecule has 5 nitrogen and oxygen atoms in total. The number of ether oxygens (including phenoxy) is 2. The molecule has 1 aliphatic heterocycles. The van der Waals surface area contributed by atoms with Gasteiger partial charge in [-0.05, 0) is 6.07 Å². The molecule has 1 atom stereocenters. The summed E-state index contributed by atoms with van der Waals surface area (Å²) in [7, 11) is 0. The van der Waals surface area contributed by atoms with E-state index in [-0.39, 0.29) is 6.10 Å². The van der Waals surface area contributed by atoms with Crippen molar-refractivity contribution in [1.29, 1.82) is 0 Å². The monoisotopic (exact) mass is 303 g/mol. The standard InChI is InChI=1S/C15H17N3O2S/c16-15(21)12-8-17-13-4-2-1-3-11(13)14(12)18-7-10-9-19-5-6-20-10/h1-4,8,10H,5-7,9H2,(H2,16,21)(H,17,18). The van der Waals surface area contributed by atoms with Gasteiger partial charge in [0.05, 0.1) is 42.7 Å². The molecular formula is C15H17N3O2S. The van der Waals surface area contributed by atoms with Gasteiger partial charge in [-0.25, -0.2) is 0 Å². The van der Waals surface area contributed by atoms with E-state index >= 15 is 0 Å². The molecule has 1 fully saturated rings. The normalized spacial score (nSPS) is 18.6. The number of anilines is 1. The third kappa shape index (κ3) is 3.12. The fraction of sp³-hybridized carbons (Fsp3) is 0.333. The van der Waals surface area contributed by atoms with Gasteiger partial charge in [0.2, 0.25) is 0 Å². The molecule has 0 aliphatic carbocycles. The highest BCUT2D eigenvalue weighted by Crippen LogP contribution is 2.26. The van der Waals surface area contributed by atoms with Crippen LogP contribution in [0, 0.1) is 0 Å². The number of thiocarbonyl (C=S) groups is 1. The Bertz CT molecular complexity index is 656. The Morgan fingerprint density at radius 1 is 1.38 bits per heavy atom. The first-order valence-corrected chi connectivity index (χ1v) is 7.27. The summed E-state index contributed by atoms with van der Waals surface area (Å²) in [5.74, 6) is 0. The Morgan fingerprint density at radius 3 is 3.00 bits per heavy atom. The number of pyridine rings is 1. The minimum Gasteiger partial charge on any atom is -0.389 e. The molecule has 3 N–H and O–H groups in total. The zero-order chi connectivity index (χ0) is 14.7. The van der Waals surface area contributed by atoms with Gasteiger partial charge in [-0.2, -0.15) is 0 Å². The first kappa shape index (κ1) is 14.2. The van der Waals surface area contributed by atoms with Crippen molar-refractivity contribution < 1.29 is 9.47 Å². The van der Waals surface area contributed by atoms with Crippen molar-refractivity contribution in [3.63, 3.8) is 0 Å². The van der Waals surface area contributed by atoms with Crippen molar-refractivity contribution >= 4 is 33.8 Å². The van der Waals surface area contributed by atoms with Crippen LogP contribution in [0.3, 0.4) is 0 Å². The fourth-order valence-corrected chi connectivity index (χ4v) is 2.54. The van der Waals surface area contributed by atoms with E-state index in [0.29, 0.717) is 31.4 Å². The Labute approximate surface area is 128 Å². The third-order valence-corrected chi connectivity index (χ3v) is 3.65. The average Bonchev–Trinajstić information content (AvgIpc) is 2.53. The van der Waals surface area contributed by atoms with E-state index in [0.717, 1.165) is 22.2 Å². The molecule has 1 saturated heterocycles. The van der Waals surface area contributed by atoms with Gasteiger partial charge in [0, 0.05) is 18.1 Å². The maximum Gasteiger partial charge on any atom is 0.107 e. The minimum atomic E-state index is 0.0323. The number of nitrogens with zero attached hydrogens (tertiary/aromatic N) is 1. The highest BCUT2D eigenvalue weighted by molar-refractivity contribution is 7.80. The maximum absolute atomic E-state index is 5.81. The number of nitrogens with two attached hydrogens (primary N) is 1. The SMILES string of the molecule is NC(=S)c1cnc2ccccc2c1NCC1COCCO1. The molecule has 1 aromatic carbocycles. The number of aromatic nitrogens is 1. The highest BCUT2D eigenvalue weighted by atomic mass is 32.1. The molecule has 2 aromatic rings. The van der Waals surface area contributed by atoms with Crippen molar-refractivity contribution in [2.24, 2.45) is 5.73 Å². The lowest BCUT2D eigenvalue weighted by atomic mass is 10.1. The van der Waals surface area contributed by atoms with E-state index in [1.165, 1.54) is 0 Å². The summed E-state index contributed by atoms with van der Waals surface area (Å²) in [4.78, 5) is 4.72. The van der Waals surface area contributed by atoms with Crippen LogP contribution in [0.2, 0.25) is 0 Å². The molecule has 0 bridgehead atoms. The van der Waals surface area contributed by atoms with Crippen LogP contribution < -0.4 is 11.1 Å². The van der Waals surface area contributed by atoms with Crippen LogP contribution >= 0.6 is 12.2 Å². The van der Waals surface area contributed by atoms with Crippen LogP contribution in [-0.4, -0.2) is 42.4 Å². The zero-order valence-corrected chi connectivity index (χ0v) is 12.4. The molecule has 2 heterocycles. The van der Waals surface area contributed by atoms with Gasteiger partial charge >= 0.3 is 0 Å². The van der Waals surface area contributed by atoms with E-state index < -0.39 is 0 Å². The van der Waals surface area contributed by atoms with E-state index in [4.69, 9.17) is 27.4 Å². The maximum atomic E-state index is 5.81. The predicted octanol–water partition coefficient (Wildman–Crippen LogP) is 1.70. The van der Waals surface area contributed by atoms with E-state index in [1.54, 1.807) is 6.20 Å². The summed E-state index contributed by atoms with van der Waals surface area (Å²) in [6, 6.07) is 7.89. The lowest BCUT2D eigenvalue weighted by molar-refractivity contribution is -0.0818. The lowest BCUT2D eigenvalue weighted by Gasteiger charge is -2.24. The number of benzene rings is 1. The lowest BCUT2D eigenvalue weighted by Crippen LogP contribution is -2.34. The second-order valence-corrected chi connectivity index (χ2v) is 5.32. The fourth-order valence-electron chi connectivity index (χ4n) is 2.39. The number of hydrogen-bond acceptors (Lipinski definition) is 5. The molecule has 1 aliphatic rings. The van der Waals surface area contributed by atoms with Crippen molar-refractivity contribution in [1.82, 2.24) is 4.98 Å². The van der Waals surface area contributed by atoms with E-state index in [2.05, 4.69) is 10.3 Å². The van der Waals surface area contributed by atoms with Gasteiger partial charge in [-0.15, -0.1) is 0 Å². The largest absolute Gasteiger partial charge is 0.389 e. The van der Waals surface area contributed by atoms with Crippen LogP contribution in [0.1, 0.15) is 5.56 Å². The first-order chi connectivity index (χ1) is 10.3. The smallest absolute Gasteiger partial charge is 0.107 e. The Morgan fingerprint density at radius 2 is 2.24 bits per heavy atom. The second kappa shape index (κ2) is 6.34. The number of rotatable bonds is 4. The van der Waals surface area contributed by atoms with Crippen LogP contribution in [0.4, 0.5) is 5.69 Å². The quantitative estimate of drug-likeness (QED) is 0.838. The molecule has 0 amide bonds. The third-order valence-electron chi connectivity index (χ3n) is 3.43. The van der Waals surface area contributed by atoms with E-state index in [1.807, 2.05) is 24.3 Å². The molecule has 0 spiro atoms. The van der Waals surface area contributed by atoms with Gasteiger partial charge in [-0.3, -0.25) is 4.98 Å². The van der Waals surface area contributed by atoms with Gasteiger partial charge in [-0.1, -0.05) is 30.4 Å². The Hall–Kier alpha value is -1.76. The topological polar surface area (TPSA) is 69.4 Å². The average molecular weight is 303 g/mol. The summed E-state index contributed by atoms with van der Waals surface area (Å²) < 4.78 is 11.1. The van der Waals surface area contributed by atoms with Gasteiger partial charge in [0.15, 0.2) is 0 Å². The summed E-state index contributed by atoms with van der Waals surface area (Å²) >= 11 is 5.13. The van der Waals surface area contributed by atoms with Gasteiger partial charge < -0.3 is 20.5 Å². The number of fused-ring (bicyclic) bond motifs is 1. The summed E-state index contributed by atoms with van der Waals surface area (Å²) in [6.07, 6.45) is 1.75. The van der Waals surface area contributed by atoms with Gasteiger partial charge in [0.25, 0.3) is 0 Å². The summed E-state index contributed by atoms with van der Waals surface area (Å²) in [6.45, 7) is 2.53. The zero-order valence-electron chi connectivity index (χ0n) is 11.5. The predicted molar refractivity (Wildman–Crippen MR) is 86.7 cm³/mol. The Kier molecular flexibility index (Phi) is 4.28. The van der Waals surface area contributed by atoms with Crippen molar-refractivity contribution in [3.8, 4) is 0 Å². The second-order valence-electron chi connectivity index (χ2n) is 4.88. The molecule has 6 heteroatoms. The molecular weight excluding hydrogens is 286 g/mol. The first-order valence-electron chi connectivity index (χ1n) is 6.86. The summed E-state index contributed by atoms with van der Waals surface area (Å²) in [5.41, 5.74) is 8.37. The van der Waals surface area contributed by atoms with Gasteiger partial charge in [0.1, 0.15) is 4.99 Å². The molecule has 21 heavy (non-hydrogen) atoms. The molecule has 1 aromatic heterocycles. The Balaban J connectivity index is 1.90. The summed E-state index contributed by atoms with van der Waals surface area (Å²) in [5, 5.41) is 4.39. The minimum absolute atomic E-state index is 0.0323. The van der Waals surface area contributed by atoms with Crippen LogP contribution in [0.5, 0.6) is 0 Å². The van der Waals surface area contributed by atoms with E-state index in [9.17, 15) is 0 Å². The van der Waals surface area contributed by atoms with Crippen LogP contribution in [0.25, 0.3) is 10.9 Å². The highest BCUT2D eigenvalue weighted by Gasteiger charge is 2.16. The number of nitrogens with one attached hydrogen (secondary N) is 1. The van der Waals surface area contributed by atoms with Crippen LogP contribution in [-0.2, 0) is 9.47 Å². The molecule has 1 unspecified atom stereocenters. The van der Waals surface area contributed by atoms with Crippen LogP contribution in [0.15, 0.2) is 30.5 Å². The number of para-hydroxylation sites is 1. The molecule has 110 valence electrons. The molecule has 0 radical (unpaired) electrons. The molecule has 0 saturated carbocycles. The van der Waals surface area contributed by atoms with Crippen molar-refractivity contribution in [2.75, 3.05) is 31.7 Å². The molecule has 3 rings (SSSR count).